The highest BCUT2D eigenvalue weighted by Crippen LogP contribution is 2.30. The second kappa shape index (κ2) is 6.20. The Morgan fingerprint density at radius 1 is 1.29 bits per heavy atom. The molecule has 6 heteroatoms. The van der Waals surface area contributed by atoms with Gasteiger partial charge >= 0.3 is 0 Å². The summed E-state index contributed by atoms with van der Waals surface area (Å²) in [6.45, 7) is 0.735. The van der Waals surface area contributed by atoms with E-state index in [-0.39, 0.29) is 11.8 Å². The van der Waals surface area contributed by atoms with Gasteiger partial charge in [-0.3, -0.25) is 0 Å². The molecule has 0 spiro atoms. The van der Waals surface area contributed by atoms with Crippen LogP contribution in [-0.4, -0.2) is 26.0 Å². The minimum absolute atomic E-state index is 0.103. The molecule has 0 radical (unpaired) electrons. The van der Waals surface area contributed by atoms with Gasteiger partial charge in [0.05, 0.1) is 11.5 Å². The van der Waals surface area contributed by atoms with E-state index < -0.39 is 9.84 Å². The van der Waals surface area contributed by atoms with E-state index in [1.165, 1.54) is 15.3 Å². The van der Waals surface area contributed by atoms with E-state index in [1.807, 2.05) is 12.1 Å². The topological polar surface area (TPSA) is 46.2 Å². The van der Waals surface area contributed by atoms with Crippen molar-refractivity contribution in [3.05, 3.63) is 45.7 Å². The van der Waals surface area contributed by atoms with Crippen molar-refractivity contribution >= 4 is 37.1 Å². The second-order valence-corrected chi connectivity index (χ2v) is 9.57. The van der Waals surface area contributed by atoms with Gasteiger partial charge in [0.1, 0.15) is 0 Å². The first kappa shape index (κ1) is 15.2. The van der Waals surface area contributed by atoms with Crippen LogP contribution in [0, 0.1) is 0 Å². The Morgan fingerprint density at radius 3 is 2.86 bits per heavy atom. The van der Waals surface area contributed by atoms with Gasteiger partial charge in [-0.15, -0.1) is 11.3 Å². The highest BCUT2D eigenvalue weighted by atomic mass is 79.9. The van der Waals surface area contributed by atoms with Crippen molar-refractivity contribution in [1.82, 2.24) is 5.32 Å². The van der Waals surface area contributed by atoms with Crippen LogP contribution in [0.15, 0.2) is 40.9 Å². The molecule has 2 heterocycles. The fourth-order valence-electron chi connectivity index (χ4n) is 2.47. The van der Waals surface area contributed by atoms with E-state index in [0.717, 1.165) is 17.4 Å². The van der Waals surface area contributed by atoms with Gasteiger partial charge in [-0.05, 0) is 36.2 Å². The van der Waals surface area contributed by atoms with Crippen molar-refractivity contribution in [3.63, 3.8) is 0 Å². The van der Waals surface area contributed by atoms with Crippen LogP contribution in [0.5, 0.6) is 0 Å². The average Bonchev–Trinajstić information content (AvgIpc) is 3.03. The number of halogens is 1. The first-order chi connectivity index (χ1) is 10.0. The van der Waals surface area contributed by atoms with E-state index in [1.54, 1.807) is 11.3 Å². The zero-order valence-corrected chi connectivity index (χ0v) is 14.6. The first-order valence-corrected chi connectivity index (χ1v) is 10.2. The van der Waals surface area contributed by atoms with Gasteiger partial charge in [0.25, 0.3) is 0 Å². The average molecular weight is 386 g/mol. The van der Waals surface area contributed by atoms with E-state index in [0.29, 0.717) is 5.75 Å². The molecule has 0 saturated carbocycles. The van der Waals surface area contributed by atoms with Crippen molar-refractivity contribution in [1.29, 1.82) is 0 Å². The maximum atomic E-state index is 11.4. The third-order valence-corrected chi connectivity index (χ3v) is 6.96. The third kappa shape index (κ3) is 3.94. The Hall–Kier alpha value is -0.690. The van der Waals surface area contributed by atoms with Gasteiger partial charge in [0.2, 0.25) is 0 Å². The molecule has 112 valence electrons. The maximum Gasteiger partial charge on any atom is 0.151 e. The third-order valence-electron chi connectivity index (χ3n) is 3.57. The van der Waals surface area contributed by atoms with Crippen LogP contribution in [0.3, 0.4) is 0 Å². The Bertz CT molecular complexity index is 740. The lowest BCUT2D eigenvalue weighted by Gasteiger charge is -2.08. The molecule has 2 aromatic rings. The summed E-state index contributed by atoms with van der Waals surface area (Å²) in [4.78, 5) is 2.46. The molecule has 0 aliphatic carbocycles. The molecular weight excluding hydrogens is 370 g/mol. The molecule has 1 N–H and O–H groups in total. The smallest absolute Gasteiger partial charge is 0.151 e. The summed E-state index contributed by atoms with van der Waals surface area (Å²) in [5.74, 6) is 0.593. The normalized spacial score (nSPS) is 20.7. The molecule has 1 aliphatic heterocycles. The number of hydrogen-bond donors (Lipinski definition) is 1. The number of benzene rings is 1. The van der Waals surface area contributed by atoms with Crippen LogP contribution in [0.4, 0.5) is 0 Å². The lowest BCUT2D eigenvalue weighted by Crippen LogP contribution is -2.29. The second-order valence-electron chi connectivity index (χ2n) is 5.26. The Morgan fingerprint density at radius 2 is 2.14 bits per heavy atom. The largest absolute Gasteiger partial charge is 0.308 e. The summed E-state index contributed by atoms with van der Waals surface area (Å²) < 4.78 is 23.9. The van der Waals surface area contributed by atoms with Gasteiger partial charge in [-0.2, -0.15) is 0 Å². The lowest BCUT2D eigenvalue weighted by atomic mass is 10.2. The molecule has 1 aliphatic rings. The predicted octanol–water partition coefficient (Wildman–Crippen LogP) is 3.45. The van der Waals surface area contributed by atoms with Crippen LogP contribution in [-0.2, 0) is 16.4 Å². The predicted molar refractivity (Wildman–Crippen MR) is 91.4 cm³/mol. The molecule has 0 amide bonds. The monoisotopic (exact) mass is 385 g/mol. The summed E-state index contributed by atoms with van der Waals surface area (Å²) in [7, 11) is -2.81. The minimum atomic E-state index is -2.81. The summed E-state index contributed by atoms with van der Waals surface area (Å²) in [5.41, 5.74) is 1.20. The van der Waals surface area contributed by atoms with Gasteiger partial charge in [0, 0.05) is 26.8 Å². The molecule has 1 unspecified atom stereocenters. The molecule has 3 nitrogen and oxygen atoms in total. The number of sulfone groups is 1. The molecule has 1 saturated heterocycles. The minimum Gasteiger partial charge on any atom is -0.308 e. The summed E-state index contributed by atoms with van der Waals surface area (Å²) in [6.07, 6.45) is 0.728. The van der Waals surface area contributed by atoms with Crippen molar-refractivity contribution < 1.29 is 8.42 Å². The van der Waals surface area contributed by atoms with Gasteiger partial charge in [-0.25, -0.2) is 8.42 Å². The van der Waals surface area contributed by atoms with E-state index >= 15 is 0 Å². The van der Waals surface area contributed by atoms with Crippen molar-refractivity contribution in [2.45, 2.75) is 19.0 Å². The Balaban J connectivity index is 1.63. The molecule has 1 atom stereocenters. The van der Waals surface area contributed by atoms with Gasteiger partial charge in [-0.1, -0.05) is 28.1 Å². The summed E-state index contributed by atoms with van der Waals surface area (Å²) in [5, 5.41) is 3.35. The van der Waals surface area contributed by atoms with Crippen LogP contribution >= 0.6 is 27.3 Å². The molecule has 1 aromatic heterocycles. The van der Waals surface area contributed by atoms with E-state index in [4.69, 9.17) is 0 Å². The summed E-state index contributed by atoms with van der Waals surface area (Å²) >= 11 is 5.23. The fourth-order valence-corrected chi connectivity index (χ4v) is 5.53. The lowest BCUT2D eigenvalue weighted by molar-refractivity contribution is 0.557. The Labute approximate surface area is 137 Å². The number of nitrogens with one attached hydrogen (secondary N) is 1. The van der Waals surface area contributed by atoms with E-state index in [2.05, 4.69) is 45.5 Å². The molecule has 1 fully saturated rings. The zero-order valence-electron chi connectivity index (χ0n) is 11.4. The number of rotatable bonds is 4. The zero-order chi connectivity index (χ0) is 14.9. The first-order valence-electron chi connectivity index (χ1n) is 6.80. The van der Waals surface area contributed by atoms with Crippen molar-refractivity contribution in [2.24, 2.45) is 0 Å². The van der Waals surface area contributed by atoms with Crippen LogP contribution in [0.2, 0.25) is 0 Å². The molecular formula is C15H16BrNO2S2. The SMILES string of the molecule is O=S1(=O)CCC(NCc2ccc(-c3cccc(Br)c3)s2)C1. The summed E-state index contributed by atoms with van der Waals surface area (Å²) in [6, 6.07) is 12.6. The Kier molecular flexibility index (Phi) is 4.49. The van der Waals surface area contributed by atoms with Crippen LogP contribution in [0.1, 0.15) is 11.3 Å². The standard InChI is InChI=1S/C15H16BrNO2S2/c16-12-3-1-2-11(8-12)15-5-4-14(20-15)9-17-13-6-7-21(18,19)10-13/h1-5,8,13,17H,6-7,9-10H2. The number of thiophene rings is 1. The highest BCUT2D eigenvalue weighted by Gasteiger charge is 2.27. The van der Waals surface area contributed by atoms with Crippen molar-refractivity contribution in [2.75, 3.05) is 11.5 Å². The van der Waals surface area contributed by atoms with Crippen molar-refractivity contribution in [3.8, 4) is 10.4 Å². The van der Waals surface area contributed by atoms with Crippen LogP contribution < -0.4 is 5.32 Å². The quantitative estimate of drug-likeness (QED) is 0.876. The van der Waals surface area contributed by atoms with E-state index in [9.17, 15) is 8.42 Å². The van der Waals surface area contributed by atoms with Gasteiger partial charge < -0.3 is 5.32 Å². The maximum absolute atomic E-state index is 11.4. The van der Waals surface area contributed by atoms with Gasteiger partial charge in [0.15, 0.2) is 9.84 Å². The fraction of sp³-hybridized carbons (Fsp3) is 0.333. The van der Waals surface area contributed by atoms with Crippen LogP contribution in [0.25, 0.3) is 10.4 Å². The molecule has 1 aromatic carbocycles. The molecule has 0 bridgehead atoms. The molecule has 21 heavy (non-hydrogen) atoms. The number of hydrogen-bond acceptors (Lipinski definition) is 4. The molecule has 3 rings (SSSR count). The highest BCUT2D eigenvalue weighted by molar-refractivity contribution is 9.10.